The van der Waals surface area contributed by atoms with E-state index in [0.29, 0.717) is 11.6 Å². The summed E-state index contributed by atoms with van der Waals surface area (Å²) in [6.07, 6.45) is -4.68. The number of carbonyl (C=O) groups excluding carboxylic acids is 1. The monoisotopic (exact) mass is 471 g/mol. The molecular formula is C21H14ClF4NO3S. The van der Waals surface area contributed by atoms with Gasteiger partial charge in [0.2, 0.25) is 9.84 Å². The third-order valence-electron chi connectivity index (χ3n) is 4.26. The van der Waals surface area contributed by atoms with Gasteiger partial charge in [-0.05, 0) is 54.1 Å². The van der Waals surface area contributed by atoms with Gasteiger partial charge in [0, 0.05) is 17.1 Å². The predicted molar refractivity (Wildman–Crippen MR) is 106 cm³/mol. The fourth-order valence-corrected chi connectivity index (χ4v) is 4.37. The Balaban J connectivity index is 1.82. The summed E-state index contributed by atoms with van der Waals surface area (Å²) >= 11 is 5.72. The molecule has 0 aliphatic carbocycles. The van der Waals surface area contributed by atoms with Crippen LogP contribution in [0.15, 0.2) is 76.5 Å². The molecule has 0 aromatic heterocycles. The molecule has 4 nitrogen and oxygen atoms in total. The largest absolute Gasteiger partial charge is 0.416 e. The van der Waals surface area contributed by atoms with Crippen LogP contribution in [0, 0.1) is 5.82 Å². The lowest BCUT2D eigenvalue weighted by atomic mass is 10.2. The summed E-state index contributed by atoms with van der Waals surface area (Å²) in [6, 6.07) is 12.2. The molecule has 0 bridgehead atoms. The van der Waals surface area contributed by atoms with Crippen LogP contribution >= 0.6 is 11.6 Å². The van der Waals surface area contributed by atoms with Crippen molar-refractivity contribution < 1.29 is 30.8 Å². The Bertz CT molecular complexity index is 1220. The van der Waals surface area contributed by atoms with E-state index >= 15 is 0 Å². The molecule has 0 spiro atoms. The molecule has 3 aromatic carbocycles. The molecule has 3 aromatic rings. The fraction of sp³-hybridized carbons (Fsp3) is 0.0952. The molecule has 0 saturated heterocycles. The third-order valence-corrected chi connectivity index (χ3v) is 6.23. The number of nitrogens with one attached hydrogen (secondary N) is 1. The van der Waals surface area contributed by atoms with Gasteiger partial charge < -0.3 is 5.32 Å². The molecule has 31 heavy (non-hydrogen) atoms. The van der Waals surface area contributed by atoms with Crippen molar-refractivity contribution in [1.29, 1.82) is 0 Å². The molecule has 10 heteroatoms. The maximum atomic E-state index is 13.4. The molecule has 3 rings (SSSR count). The highest BCUT2D eigenvalue weighted by atomic mass is 35.5. The molecule has 1 amide bonds. The number of benzene rings is 3. The number of alkyl halides is 3. The van der Waals surface area contributed by atoms with Crippen molar-refractivity contribution in [1.82, 2.24) is 5.32 Å². The Morgan fingerprint density at radius 1 is 0.935 bits per heavy atom. The maximum absolute atomic E-state index is 13.4. The standard InChI is InChI=1S/C21H14ClF4NO3S/c22-16-8-14(9-17(23)11-16)20(28)27-12-13-3-1-5-18(7-13)31(29,30)19-6-2-4-15(10-19)21(24,25)26/h1-11H,12H2,(H,27,28). The van der Waals surface area contributed by atoms with Gasteiger partial charge in [-0.1, -0.05) is 29.8 Å². The highest BCUT2D eigenvalue weighted by molar-refractivity contribution is 7.91. The molecule has 0 heterocycles. The lowest BCUT2D eigenvalue weighted by molar-refractivity contribution is -0.137. The van der Waals surface area contributed by atoms with Gasteiger partial charge in [-0.25, -0.2) is 12.8 Å². The van der Waals surface area contributed by atoms with Crippen molar-refractivity contribution in [3.63, 3.8) is 0 Å². The number of amides is 1. The van der Waals surface area contributed by atoms with Crippen molar-refractivity contribution >= 4 is 27.3 Å². The van der Waals surface area contributed by atoms with Crippen LogP contribution in [0.25, 0.3) is 0 Å². The van der Waals surface area contributed by atoms with E-state index in [4.69, 9.17) is 11.6 Å². The number of halogens is 5. The van der Waals surface area contributed by atoms with Gasteiger partial charge in [0.15, 0.2) is 0 Å². The first-order valence-corrected chi connectivity index (χ1v) is 10.6. The minimum Gasteiger partial charge on any atom is -0.348 e. The minimum absolute atomic E-state index is 0.0160. The number of sulfone groups is 1. The van der Waals surface area contributed by atoms with Gasteiger partial charge in [-0.15, -0.1) is 0 Å². The first kappa shape index (κ1) is 22.8. The SMILES string of the molecule is O=C(NCc1cccc(S(=O)(=O)c2cccc(C(F)(F)F)c2)c1)c1cc(F)cc(Cl)c1. The van der Waals surface area contributed by atoms with Crippen LogP contribution in [-0.4, -0.2) is 14.3 Å². The number of hydrogen-bond donors (Lipinski definition) is 1. The second-order valence-electron chi connectivity index (χ2n) is 6.52. The fourth-order valence-electron chi connectivity index (χ4n) is 2.77. The van der Waals surface area contributed by atoms with E-state index < -0.39 is 38.2 Å². The number of rotatable bonds is 5. The van der Waals surface area contributed by atoms with Crippen molar-refractivity contribution in [2.75, 3.05) is 0 Å². The lowest BCUT2D eigenvalue weighted by Crippen LogP contribution is -2.23. The smallest absolute Gasteiger partial charge is 0.348 e. The van der Waals surface area contributed by atoms with Crippen LogP contribution in [0.5, 0.6) is 0 Å². The van der Waals surface area contributed by atoms with Crippen LogP contribution in [0.1, 0.15) is 21.5 Å². The van der Waals surface area contributed by atoms with Gasteiger partial charge in [-0.2, -0.15) is 13.2 Å². The van der Waals surface area contributed by atoms with Gasteiger partial charge in [0.1, 0.15) is 5.82 Å². The van der Waals surface area contributed by atoms with Crippen LogP contribution in [-0.2, 0) is 22.6 Å². The molecule has 0 fully saturated rings. The first-order chi connectivity index (χ1) is 14.5. The molecule has 0 atom stereocenters. The molecule has 0 unspecified atom stereocenters. The quantitative estimate of drug-likeness (QED) is 0.516. The van der Waals surface area contributed by atoms with Crippen molar-refractivity contribution in [3.05, 3.63) is 94.3 Å². The zero-order valence-corrected chi connectivity index (χ0v) is 17.2. The van der Waals surface area contributed by atoms with Gasteiger partial charge in [-0.3, -0.25) is 4.79 Å². The average molecular weight is 472 g/mol. The first-order valence-electron chi connectivity index (χ1n) is 8.72. The van der Waals surface area contributed by atoms with E-state index in [2.05, 4.69) is 5.32 Å². The zero-order chi connectivity index (χ0) is 22.8. The predicted octanol–water partition coefficient (Wildman–Crippen LogP) is 5.26. The second-order valence-corrected chi connectivity index (χ2v) is 8.90. The van der Waals surface area contributed by atoms with E-state index in [1.165, 1.54) is 30.3 Å². The molecular weight excluding hydrogens is 458 g/mol. The third kappa shape index (κ3) is 5.42. The molecule has 162 valence electrons. The zero-order valence-electron chi connectivity index (χ0n) is 15.6. The van der Waals surface area contributed by atoms with E-state index in [1.54, 1.807) is 0 Å². The Morgan fingerprint density at radius 3 is 2.23 bits per heavy atom. The summed E-state index contributed by atoms with van der Waals surface area (Å²) in [4.78, 5) is 11.5. The van der Waals surface area contributed by atoms with Crippen molar-refractivity contribution in [2.45, 2.75) is 22.5 Å². The van der Waals surface area contributed by atoms with Gasteiger partial charge in [0.25, 0.3) is 5.91 Å². The molecule has 0 aliphatic heterocycles. The van der Waals surface area contributed by atoms with Crippen LogP contribution in [0.3, 0.4) is 0 Å². The van der Waals surface area contributed by atoms with E-state index in [0.717, 1.165) is 30.3 Å². The van der Waals surface area contributed by atoms with E-state index in [-0.39, 0.29) is 22.0 Å². The van der Waals surface area contributed by atoms with Gasteiger partial charge in [0.05, 0.1) is 15.4 Å². The Hall–Kier alpha value is -2.91. The lowest BCUT2D eigenvalue weighted by Gasteiger charge is -2.11. The van der Waals surface area contributed by atoms with Crippen LogP contribution in [0.2, 0.25) is 5.02 Å². The molecule has 0 radical (unpaired) electrons. The summed E-state index contributed by atoms with van der Waals surface area (Å²) < 4.78 is 77.7. The highest BCUT2D eigenvalue weighted by Crippen LogP contribution is 2.32. The average Bonchev–Trinajstić information content (AvgIpc) is 2.71. The Labute approximate surface area is 180 Å². The normalized spacial score (nSPS) is 11.9. The van der Waals surface area contributed by atoms with E-state index in [9.17, 15) is 30.8 Å². The second kappa shape index (κ2) is 8.68. The van der Waals surface area contributed by atoms with Crippen molar-refractivity contribution in [2.24, 2.45) is 0 Å². The molecule has 0 aliphatic rings. The van der Waals surface area contributed by atoms with Gasteiger partial charge >= 0.3 is 6.18 Å². The summed E-state index contributed by atoms with van der Waals surface area (Å²) in [5.41, 5.74) is -0.715. The highest BCUT2D eigenvalue weighted by Gasteiger charge is 2.32. The van der Waals surface area contributed by atoms with E-state index in [1.807, 2.05) is 0 Å². The Morgan fingerprint density at radius 2 is 1.58 bits per heavy atom. The molecule has 1 N–H and O–H groups in total. The summed E-state index contributed by atoms with van der Waals surface area (Å²) in [5.74, 6) is -1.32. The van der Waals surface area contributed by atoms with Crippen molar-refractivity contribution in [3.8, 4) is 0 Å². The van der Waals surface area contributed by atoms with Crippen LogP contribution < -0.4 is 5.32 Å². The van der Waals surface area contributed by atoms with Crippen LogP contribution in [0.4, 0.5) is 17.6 Å². The molecule has 0 saturated carbocycles. The maximum Gasteiger partial charge on any atom is 0.416 e. The topological polar surface area (TPSA) is 63.2 Å². The summed E-state index contributed by atoms with van der Waals surface area (Å²) in [6.45, 7) is -0.0983. The minimum atomic E-state index is -4.68. The number of carbonyl (C=O) groups is 1. The Kier molecular flexibility index (Phi) is 6.38. The summed E-state index contributed by atoms with van der Waals surface area (Å²) in [5, 5.41) is 2.55. The summed E-state index contributed by atoms with van der Waals surface area (Å²) in [7, 11) is -4.23. The number of hydrogen-bond acceptors (Lipinski definition) is 3.